The minimum Gasteiger partial charge on any atom is -0.483 e. The van der Waals surface area contributed by atoms with Crippen molar-refractivity contribution in [3.05, 3.63) is 29.3 Å². The molecule has 1 atom stereocenters. The fourth-order valence-electron chi connectivity index (χ4n) is 1.63. The summed E-state index contributed by atoms with van der Waals surface area (Å²) in [4.78, 5) is 11.6. The Kier molecular flexibility index (Phi) is 5.65. The van der Waals surface area contributed by atoms with Gasteiger partial charge in [0.25, 0.3) is 5.91 Å². The Morgan fingerprint density at radius 1 is 1.39 bits per heavy atom. The Hall–Kier alpha value is -1.55. The summed E-state index contributed by atoms with van der Waals surface area (Å²) in [7, 11) is 1.61. The zero-order chi connectivity index (χ0) is 13.5. The molecule has 0 heterocycles. The van der Waals surface area contributed by atoms with Gasteiger partial charge in [-0.2, -0.15) is 0 Å². The van der Waals surface area contributed by atoms with Crippen molar-refractivity contribution in [1.82, 2.24) is 5.32 Å². The Morgan fingerprint density at radius 2 is 2.11 bits per heavy atom. The van der Waals surface area contributed by atoms with Crippen LogP contribution in [0.15, 0.2) is 18.2 Å². The maximum Gasteiger partial charge on any atom is 0.258 e. The number of aryl methyl sites for hydroxylation is 1. The highest BCUT2D eigenvalue weighted by molar-refractivity contribution is 5.77. The molecule has 0 aliphatic heterocycles. The predicted molar refractivity (Wildman–Crippen MR) is 70.9 cm³/mol. The van der Waals surface area contributed by atoms with Gasteiger partial charge >= 0.3 is 0 Å². The van der Waals surface area contributed by atoms with E-state index in [4.69, 9.17) is 9.47 Å². The molecule has 1 unspecified atom stereocenters. The van der Waals surface area contributed by atoms with Crippen molar-refractivity contribution in [2.24, 2.45) is 0 Å². The maximum atomic E-state index is 11.6. The number of hydrogen-bond acceptors (Lipinski definition) is 3. The van der Waals surface area contributed by atoms with Gasteiger partial charge in [0.05, 0.1) is 6.61 Å². The molecule has 4 heteroatoms. The van der Waals surface area contributed by atoms with Crippen LogP contribution in [0.3, 0.4) is 0 Å². The molecule has 100 valence electrons. The number of rotatable bonds is 6. The van der Waals surface area contributed by atoms with Gasteiger partial charge in [0, 0.05) is 13.2 Å². The van der Waals surface area contributed by atoms with E-state index >= 15 is 0 Å². The minimum absolute atomic E-state index is 0.00953. The molecule has 0 aromatic heterocycles. The van der Waals surface area contributed by atoms with E-state index in [0.717, 1.165) is 16.9 Å². The molecule has 0 aliphatic carbocycles. The maximum absolute atomic E-state index is 11.6. The lowest BCUT2D eigenvalue weighted by Gasteiger charge is -2.14. The molecule has 0 bridgehead atoms. The van der Waals surface area contributed by atoms with Crippen LogP contribution < -0.4 is 10.1 Å². The van der Waals surface area contributed by atoms with Gasteiger partial charge in [-0.3, -0.25) is 4.79 Å². The Balaban J connectivity index is 2.45. The topological polar surface area (TPSA) is 47.6 Å². The van der Waals surface area contributed by atoms with E-state index in [0.29, 0.717) is 6.61 Å². The van der Waals surface area contributed by atoms with E-state index in [1.165, 1.54) is 0 Å². The fourth-order valence-corrected chi connectivity index (χ4v) is 1.63. The number of benzene rings is 1. The summed E-state index contributed by atoms with van der Waals surface area (Å²) in [5.74, 6) is 0.616. The largest absolute Gasteiger partial charge is 0.483 e. The van der Waals surface area contributed by atoms with Gasteiger partial charge in [0.1, 0.15) is 5.75 Å². The molecule has 1 aromatic carbocycles. The minimum atomic E-state index is -0.138. The molecular formula is C14H21NO3. The summed E-state index contributed by atoms with van der Waals surface area (Å²) < 4.78 is 10.5. The SMILES string of the molecule is COCC(C)NC(=O)COc1cccc(C)c1C. The quantitative estimate of drug-likeness (QED) is 0.839. The Labute approximate surface area is 108 Å². The number of nitrogens with one attached hydrogen (secondary N) is 1. The standard InChI is InChI=1S/C14H21NO3/c1-10-6-5-7-13(12(10)3)18-9-14(16)15-11(2)8-17-4/h5-7,11H,8-9H2,1-4H3,(H,15,16). The summed E-state index contributed by atoms with van der Waals surface area (Å²) in [5.41, 5.74) is 2.22. The molecule has 1 amide bonds. The van der Waals surface area contributed by atoms with Gasteiger partial charge in [0.2, 0.25) is 0 Å². The second-order valence-corrected chi connectivity index (χ2v) is 4.41. The number of carbonyl (C=O) groups excluding carboxylic acids is 1. The predicted octanol–water partition coefficient (Wildman–Crippen LogP) is 1.83. The molecule has 1 aromatic rings. The average molecular weight is 251 g/mol. The highest BCUT2D eigenvalue weighted by Crippen LogP contribution is 2.20. The van der Waals surface area contributed by atoms with Gasteiger partial charge in [-0.15, -0.1) is 0 Å². The number of carbonyl (C=O) groups is 1. The Morgan fingerprint density at radius 3 is 2.78 bits per heavy atom. The summed E-state index contributed by atoms with van der Waals surface area (Å²) >= 11 is 0. The summed E-state index contributed by atoms with van der Waals surface area (Å²) in [6.07, 6.45) is 0. The van der Waals surface area contributed by atoms with E-state index in [1.807, 2.05) is 39.0 Å². The first-order chi connectivity index (χ1) is 8.54. The van der Waals surface area contributed by atoms with Crippen molar-refractivity contribution in [2.45, 2.75) is 26.8 Å². The van der Waals surface area contributed by atoms with Crippen LogP contribution >= 0.6 is 0 Å². The summed E-state index contributed by atoms with van der Waals surface area (Å²) in [6.45, 7) is 6.41. The molecule has 1 N–H and O–H groups in total. The number of amides is 1. The fraction of sp³-hybridized carbons (Fsp3) is 0.500. The van der Waals surface area contributed by atoms with Crippen molar-refractivity contribution in [3.8, 4) is 5.75 Å². The monoisotopic (exact) mass is 251 g/mol. The van der Waals surface area contributed by atoms with Crippen LogP contribution in [-0.2, 0) is 9.53 Å². The van der Waals surface area contributed by atoms with Crippen molar-refractivity contribution in [2.75, 3.05) is 20.3 Å². The molecule has 0 fully saturated rings. The first-order valence-electron chi connectivity index (χ1n) is 6.02. The van der Waals surface area contributed by atoms with Crippen LogP contribution in [0.1, 0.15) is 18.1 Å². The Bertz CT molecular complexity index is 404. The third kappa shape index (κ3) is 4.37. The molecule has 0 aliphatic rings. The molecule has 0 saturated carbocycles. The molecule has 4 nitrogen and oxygen atoms in total. The van der Waals surface area contributed by atoms with Gasteiger partial charge < -0.3 is 14.8 Å². The second-order valence-electron chi connectivity index (χ2n) is 4.41. The number of hydrogen-bond donors (Lipinski definition) is 1. The van der Waals surface area contributed by atoms with Crippen molar-refractivity contribution in [3.63, 3.8) is 0 Å². The molecule has 0 radical (unpaired) electrons. The third-order valence-corrected chi connectivity index (χ3v) is 2.74. The van der Waals surface area contributed by atoms with E-state index in [9.17, 15) is 4.79 Å². The first-order valence-corrected chi connectivity index (χ1v) is 6.02. The molecule has 0 saturated heterocycles. The van der Waals surface area contributed by atoms with Crippen molar-refractivity contribution >= 4 is 5.91 Å². The van der Waals surface area contributed by atoms with E-state index in [-0.39, 0.29) is 18.6 Å². The van der Waals surface area contributed by atoms with Crippen LogP contribution in [0.25, 0.3) is 0 Å². The first kappa shape index (κ1) is 14.5. The third-order valence-electron chi connectivity index (χ3n) is 2.74. The van der Waals surface area contributed by atoms with Crippen LogP contribution in [-0.4, -0.2) is 32.3 Å². The van der Waals surface area contributed by atoms with Crippen LogP contribution in [0, 0.1) is 13.8 Å². The number of methoxy groups -OCH3 is 1. The molecule has 1 rings (SSSR count). The van der Waals surface area contributed by atoms with E-state index < -0.39 is 0 Å². The van der Waals surface area contributed by atoms with Gasteiger partial charge in [-0.25, -0.2) is 0 Å². The molecule has 18 heavy (non-hydrogen) atoms. The van der Waals surface area contributed by atoms with Crippen molar-refractivity contribution in [1.29, 1.82) is 0 Å². The highest BCUT2D eigenvalue weighted by Gasteiger charge is 2.09. The zero-order valence-corrected chi connectivity index (χ0v) is 11.4. The zero-order valence-electron chi connectivity index (χ0n) is 11.4. The van der Waals surface area contributed by atoms with Crippen LogP contribution in [0.5, 0.6) is 5.75 Å². The molecular weight excluding hydrogens is 230 g/mol. The second kappa shape index (κ2) is 7.01. The lowest BCUT2D eigenvalue weighted by atomic mass is 10.1. The summed E-state index contributed by atoms with van der Waals surface area (Å²) in [5, 5.41) is 2.80. The lowest BCUT2D eigenvalue weighted by molar-refractivity contribution is -0.124. The van der Waals surface area contributed by atoms with Gasteiger partial charge in [-0.05, 0) is 38.0 Å². The van der Waals surface area contributed by atoms with Crippen LogP contribution in [0.2, 0.25) is 0 Å². The smallest absolute Gasteiger partial charge is 0.258 e. The molecule has 0 spiro atoms. The average Bonchev–Trinajstić information content (AvgIpc) is 2.31. The highest BCUT2D eigenvalue weighted by atomic mass is 16.5. The van der Waals surface area contributed by atoms with E-state index in [1.54, 1.807) is 7.11 Å². The van der Waals surface area contributed by atoms with Gasteiger partial charge in [0.15, 0.2) is 6.61 Å². The lowest BCUT2D eigenvalue weighted by Crippen LogP contribution is -2.38. The van der Waals surface area contributed by atoms with Gasteiger partial charge in [-0.1, -0.05) is 12.1 Å². The summed E-state index contributed by atoms with van der Waals surface area (Å²) in [6, 6.07) is 5.80. The van der Waals surface area contributed by atoms with Crippen LogP contribution in [0.4, 0.5) is 0 Å². The van der Waals surface area contributed by atoms with Crippen molar-refractivity contribution < 1.29 is 14.3 Å². The normalized spacial score (nSPS) is 12.0. The number of ether oxygens (including phenoxy) is 2. The van der Waals surface area contributed by atoms with E-state index in [2.05, 4.69) is 5.32 Å².